The first-order valence-corrected chi connectivity index (χ1v) is 15.9. The molecule has 0 aromatic heterocycles. The molecule has 4 atom stereocenters. The van der Waals surface area contributed by atoms with Crippen molar-refractivity contribution in [1.29, 1.82) is 0 Å². The first kappa shape index (κ1) is 28.0. The zero-order valence-corrected chi connectivity index (χ0v) is 23.9. The average molecular weight is 573 g/mol. The summed E-state index contributed by atoms with van der Waals surface area (Å²) in [5.74, 6) is 0.436. The number of anilines is 1. The van der Waals surface area contributed by atoms with Gasteiger partial charge in [-0.1, -0.05) is 36.7 Å². The molecule has 1 fully saturated rings. The minimum Gasteiger partial charge on any atom is -0.487 e. The summed E-state index contributed by atoms with van der Waals surface area (Å²) < 4.78 is 34.7. The van der Waals surface area contributed by atoms with Crippen molar-refractivity contribution in [1.82, 2.24) is 4.72 Å². The number of aryl methyl sites for hydroxylation is 1. The van der Waals surface area contributed by atoms with Gasteiger partial charge in [0, 0.05) is 23.7 Å². The second-order valence-electron chi connectivity index (χ2n) is 10.9. The number of ether oxygens (including phenoxy) is 1. The van der Waals surface area contributed by atoms with Crippen molar-refractivity contribution in [2.24, 2.45) is 11.8 Å². The number of rotatable bonds is 1. The van der Waals surface area contributed by atoms with Crippen LogP contribution in [-0.4, -0.2) is 43.9 Å². The van der Waals surface area contributed by atoms with E-state index in [2.05, 4.69) is 9.62 Å². The fourth-order valence-corrected chi connectivity index (χ4v) is 7.44. The zero-order valence-electron chi connectivity index (χ0n) is 22.3. The van der Waals surface area contributed by atoms with Gasteiger partial charge in [0.05, 0.1) is 17.0 Å². The van der Waals surface area contributed by atoms with Gasteiger partial charge in [-0.25, -0.2) is 13.1 Å². The smallest absolute Gasteiger partial charge is 0.264 e. The van der Waals surface area contributed by atoms with E-state index < -0.39 is 27.3 Å². The Kier molecular flexibility index (Phi) is 8.55. The second kappa shape index (κ2) is 11.9. The molecule has 3 aliphatic rings. The Hall–Kier alpha value is -2.55. The summed E-state index contributed by atoms with van der Waals surface area (Å²) in [5, 5.41) is 10.8. The first-order valence-electron chi connectivity index (χ1n) is 13.9. The van der Waals surface area contributed by atoms with Gasteiger partial charge in [-0.15, -0.1) is 0 Å². The molecule has 7 nitrogen and oxygen atoms in total. The maximum Gasteiger partial charge on any atom is 0.264 e. The molecule has 2 aromatic carbocycles. The summed E-state index contributed by atoms with van der Waals surface area (Å²) in [5.41, 5.74) is 3.30. The van der Waals surface area contributed by atoms with E-state index >= 15 is 0 Å². The number of nitrogens with zero attached hydrogens (tertiary/aromatic N) is 1. The number of carbonyl (C=O) groups excluding carboxylic acids is 1. The summed E-state index contributed by atoms with van der Waals surface area (Å²) in [6.45, 7) is 3.63. The number of sulfonamides is 1. The molecular weight excluding hydrogens is 536 g/mol. The van der Waals surface area contributed by atoms with Gasteiger partial charge in [-0.3, -0.25) is 4.79 Å². The summed E-state index contributed by atoms with van der Waals surface area (Å²) in [6.07, 6.45) is 8.29. The van der Waals surface area contributed by atoms with Crippen molar-refractivity contribution in [3.05, 3.63) is 70.3 Å². The first-order chi connectivity index (χ1) is 18.7. The van der Waals surface area contributed by atoms with E-state index in [1.807, 2.05) is 18.2 Å². The van der Waals surface area contributed by atoms with Crippen molar-refractivity contribution in [2.75, 3.05) is 18.0 Å². The Morgan fingerprint density at radius 1 is 1.13 bits per heavy atom. The number of nitrogens with one attached hydrogen (secondary N) is 1. The van der Waals surface area contributed by atoms with Gasteiger partial charge in [-0.05, 0) is 98.2 Å². The van der Waals surface area contributed by atoms with Crippen LogP contribution in [0.5, 0.6) is 5.75 Å². The Balaban J connectivity index is 1.54. The van der Waals surface area contributed by atoms with E-state index in [0.717, 1.165) is 56.4 Å². The van der Waals surface area contributed by atoms with E-state index in [1.54, 1.807) is 37.3 Å². The minimum absolute atomic E-state index is 0.147. The second-order valence-corrected chi connectivity index (χ2v) is 13.3. The third-order valence-electron chi connectivity index (χ3n) is 8.43. The number of benzene rings is 2. The summed E-state index contributed by atoms with van der Waals surface area (Å²) in [7, 11) is -3.94. The maximum atomic E-state index is 13.2. The predicted molar refractivity (Wildman–Crippen MR) is 154 cm³/mol. The van der Waals surface area contributed by atoms with Crippen LogP contribution in [0.1, 0.15) is 66.9 Å². The fraction of sp³-hybridized carbons (Fsp3) is 0.500. The van der Waals surface area contributed by atoms with Crippen molar-refractivity contribution >= 4 is 33.2 Å². The highest BCUT2D eigenvalue weighted by atomic mass is 35.5. The van der Waals surface area contributed by atoms with E-state index in [1.165, 1.54) is 5.56 Å². The summed E-state index contributed by atoms with van der Waals surface area (Å²) in [4.78, 5) is 15.5. The largest absolute Gasteiger partial charge is 0.487 e. The lowest BCUT2D eigenvalue weighted by Gasteiger charge is -2.43. The van der Waals surface area contributed by atoms with Crippen LogP contribution in [0.15, 0.2) is 48.6 Å². The third kappa shape index (κ3) is 6.28. The van der Waals surface area contributed by atoms with Gasteiger partial charge in [0.1, 0.15) is 12.4 Å². The van der Waals surface area contributed by atoms with Crippen molar-refractivity contribution in [3.8, 4) is 5.75 Å². The van der Waals surface area contributed by atoms with Crippen LogP contribution in [-0.2, 0) is 23.1 Å². The highest BCUT2D eigenvalue weighted by molar-refractivity contribution is 7.90. The van der Waals surface area contributed by atoms with Gasteiger partial charge in [0.15, 0.2) is 0 Å². The Bertz CT molecular complexity index is 1340. The topological polar surface area (TPSA) is 95.9 Å². The predicted octanol–water partition coefficient (Wildman–Crippen LogP) is 5.25. The quantitative estimate of drug-likeness (QED) is 0.453. The Labute approximate surface area is 236 Å². The molecular formula is C30H37ClN2O5S. The van der Waals surface area contributed by atoms with Crippen molar-refractivity contribution in [3.63, 3.8) is 0 Å². The normalized spacial score (nSPS) is 28.1. The molecule has 1 amide bonds. The molecule has 39 heavy (non-hydrogen) atoms. The lowest BCUT2D eigenvalue weighted by molar-refractivity contribution is 0.0180. The van der Waals surface area contributed by atoms with Gasteiger partial charge >= 0.3 is 0 Å². The van der Waals surface area contributed by atoms with E-state index in [4.69, 9.17) is 16.3 Å². The van der Waals surface area contributed by atoms with Gasteiger partial charge < -0.3 is 14.7 Å². The monoisotopic (exact) mass is 572 g/mol. The third-order valence-corrected chi connectivity index (χ3v) is 10.4. The molecule has 1 aliphatic carbocycles. The standard InChI is InChI=1S/C30H37ClN2O5S/c1-2-25-7-5-8-28(34)26-13-10-22(26)18-33-15-4-3-6-20-16-24(31)12-9-23(20)19-38-29-14-11-21(17-27(29)33)30(35)32-39(25,36)37/h5,7,9,11-12,14,16-17,22,25-26,28,34H,2-4,6,8,10,13,15,18-19H2,1H3,(H,32,35)/b7-5+/t22-,25+,26+,28-/m0/s1. The van der Waals surface area contributed by atoms with E-state index in [0.29, 0.717) is 36.1 Å². The number of amides is 1. The molecule has 2 heterocycles. The van der Waals surface area contributed by atoms with Crippen LogP contribution in [0.25, 0.3) is 0 Å². The number of hydrogen-bond acceptors (Lipinski definition) is 6. The summed E-state index contributed by atoms with van der Waals surface area (Å²) in [6, 6.07) is 11.0. The molecule has 210 valence electrons. The van der Waals surface area contributed by atoms with Crippen molar-refractivity contribution in [2.45, 2.75) is 69.8 Å². The highest BCUT2D eigenvalue weighted by Gasteiger charge is 2.37. The van der Waals surface area contributed by atoms with Crippen LogP contribution in [0.2, 0.25) is 5.02 Å². The van der Waals surface area contributed by atoms with Crippen LogP contribution < -0.4 is 14.4 Å². The number of halogens is 1. The van der Waals surface area contributed by atoms with E-state index in [-0.39, 0.29) is 11.5 Å². The van der Waals surface area contributed by atoms with E-state index in [9.17, 15) is 18.3 Å². The maximum absolute atomic E-state index is 13.2. The molecule has 0 unspecified atom stereocenters. The number of aliphatic hydroxyl groups is 1. The van der Waals surface area contributed by atoms with Crippen LogP contribution in [0.3, 0.4) is 0 Å². The molecule has 2 N–H and O–H groups in total. The Morgan fingerprint density at radius 2 is 1.97 bits per heavy atom. The Morgan fingerprint density at radius 3 is 2.74 bits per heavy atom. The van der Waals surface area contributed by atoms with Crippen molar-refractivity contribution < 1.29 is 23.1 Å². The minimum atomic E-state index is -3.94. The van der Waals surface area contributed by atoms with Crippen LogP contribution in [0.4, 0.5) is 5.69 Å². The molecule has 2 aliphatic heterocycles. The molecule has 0 saturated heterocycles. The average Bonchev–Trinajstić information content (AvgIpc) is 2.91. The SMILES string of the molecule is CC[C@@H]1/C=C/C[C@H](O)[C@@H]2CC[C@H]2CN2CCCCc3cc(Cl)ccc3COc3ccc(cc32)C(=O)NS1(=O)=O. The molecule has 5 rings (SSSR count). The molecule has 0 radical (unpaired) electrons. The fourth-order valence-electron chi connectivity index (χ4n) is 5.96. The molecule has 0 spiro atoms. The van der Waals surface area contributed by atoms with Gasteiger partial charge in [-0.2, -0.15) is 0 Å². The highest BCUT2D eigenvalue weighted by Crippen LogP contribution is 2.41. The molecule has 9 heteroatoms. The summed E-state index contributed by atoms with van der Waals surface area (Å²) >= 11 is 6.28. The van der Waals surface area contributed by atoms with Crippen LogP contribution in [0, 0.1) is 11.8 Å². The molecule has 2 aromatic rings. The molecule has 1 saturated carbocycles. The number of carbonyl (C=O) groups is 1. The lowest BCUT2D eigenvalue weighted by atomic mass is 9.69. The van der Waals surface area contributed by atoms with Crippen LogP contribution >= 0.6 is 11.6 Å². The molecule has 2 bridgehead atoms. The van der Waals surface area contributed by atoms with Gasteiger partial charge in [0.25, 0.3) is 5.91 Å². The number of hydrogen-bond donors (Lipinski definition) is 2. The van der Waals surface area contributed by atoms with Gasteiger partial charge in [0.2, 0.25) is 10.0 Å². The number of fused-ring (bicyclic) bond motifs is 3. The zero-order chi connectivity index (χ0) is 27.6. The lowest BCUT2D eigenvalue weighted by Crippen LogP contribution is -2.43. The number of aliphatic hydroxyl groups excluding tert-OH is 1.